The Morgan fingerprint density at radius 3 is 2.42 bits per heavy atom. The van der Waals surface area contributed by atoms with Gasteiger partial charge in [-0.05, 0) is 87.8 Å². The number of nitrogens with one attached hydrogen (secondary N) is 1. The Bertz CT molecular complexity index is 799. The van der Waals surface area contributed by atoms with Crippen molar-refractivity contribution in [3.05, 3.63) is 35.3 Å². The zero-order valence-electron chi connectivity index (χ0n) is 14.5. The van der Waals surface area contributed by atoms with Crippen LogP contribution in [0.25, 0.3) is 5.65 Å². The summed E-state index contributed by atoms with van der Waals surface area (Å²) in [6, 6.07) is 4.07. The van der Waals surface area contributed by atoms with E-state index in [4.69, 9.17) is 0 Å². The fraction of sp³-hybridized carbons (Fsp3) is 0.600. The van der Waals surface area contributed by atoms with Gasteiger partial charge in [-0.1, -0.05) is 0 Å². The van der Waals surface area contributed by atoms with Crippen LogP contribution in [0.5, 0.6) is 0 Å². The summed E-state index contributed by atoms with van der Waals surface area (Å²) < 4.78 is 1.94. The molecule has 1 N–H and O–H groups in total. The van der Waals surface area contributed by atoms with Crippen molar-refractivity contribution in [1.29, 1.82) is 0 Å². The maximum atomic E-state index is 13.1. The van der Waals surface area contributed by atoms with Crippen LogP contribution in [0.2, 0.25) is 0 Å². The minimum Gasteiger partial charge on any atom is -0.345 e. The number of rotatable bonds is 2. The third-order valence-electron chi connectivity index (χ3n) is 6.59. The van der Waals surface area contributed by atoms with Gasteiger partial charge in [0.15, 0.2) is 0 Å². The molecule has 2 aromatic heterocycles. The SMILES string of the molecule is Cc1ccn2c(C(=O)NC34CC5CC(CC(C5)C3)C4)c(C)nc2c1. The number of hydrogen-bond donors (Lipinski definition) is 1. The standard InChI is InChI=1S/C20H25N3O/c1-12-3-4-23-17(5-12)21-13(2)18(23)19(24)22-20-9-14-6-15(10-20)8-16(7-14)11-20/h3-5,14-16H,6-11H2,1-2H3,(H,22,24). The van der Waals surface area contributed by atoms with Gasteiger partial charge in [0.1, 0.15) is 11.3 Å². The van der Waals surface area contributed by atoms with Crippen molar-refractivity contribution in [2.45, 2.75) is 57.9 Å². The van der Waals surface area contributed by atoms with Crippen molar-refractivity contribution < 1.29 is 4.79 Å². The third kappa shape index (κ3) is 2.11. The maximum absolute atomic E-state index is 13.1. The van der Waals surface area contributed by atoms with Gasteiger partial charge in [-0.3, -0.25) is 9.20 Å². The Morgan fingerprint density at radius 1 is 1.17 bits per heavy atom. The Labute approximate surface area is 142 Å². The molecular weight excluding hydrogens is 298 g/mol. The normalized spacial score (nSPS) is 34.0. The van der Waals surface area contributed by atoms with Gasteiger partial charge in [0.2, 0.25) is 0 Å². The summed E-state index contributed by atoms with van der Waals surface area (Å²) in [4.78, 5) is 17.7. The van der Waals surface area contributed by atoms with E-state index < -0.39 is 0 Å². The lowest BCUT2D eigenvalue weighted by atomic mass is 9.53. The maximum Gasteiger partial charge on any atom is 0.270 e. The first-order valence-electron chi connectivity index (χ1n) is 9.29. The van der Waals surface area contributed by atoms with Gasteiger partial charge >= 0.3 is 0 Å². The summed E-state index contributed by atoms with van der Waals surface area (Å²) in [7, 11) is 0. The second-order valence-electron chi connectivity index (χ2n) is 8.63. The van der Waals surface area contributed by atoms with E-state index in [9.17, 15) is 4.79 Å². The van der Waals surface area contributed by atoms with Gasteiger partial charge in [-0.15, -0.1) is 0 Å². The summed E-state index contributed by atoms with van der Waals surface area (Å²) >= 11 is 0. The molecule has 0 aliphatic heterocycles. The molecule has 4 aliphatic rings. The van der Waals surface area contributed by atoms with E-state index in [-0.39, 0.29) is 11.4 Å². The summed E-state index contributed by atoms with van der Waals surface area (Å²) in [5.41, 5.74) is 3.61. The first kappa shape index (κ1) is 14.5. The van der Waals surface area contributed by atoms with Gasteiger partial charge < -0.3 is 5.32 Å². The van der Waals surface area contributed by atoms with Gasteiger partial charge in [0, 0.05) is 11.7 Å². The first-order valence-corrected chi connectivity index (χ1v) is 9.29. The Morgan fingerprint density at radius 2 is 1.79 bits per heavy atom. The van der Waals surface area contributed by atoms with Crippen LogP contribution in [-0.2, 0) is 0 Å². The first-order chi connectivity index (χ1) is 11.5. The number of aromatic nitrogens is 2. The van der Waals surface area contributed by atoms with Crippen LogP contribution < -0.4 is 5.32 Å². The number of carbonyl (C=O) groups excluding carboxylic acids is 1. The number of aryl methyl sites for hydroxylation is 2. The van der Waals surface area contributed by atoms with E-state index in [1.54, 1.807) is 0 Å². The second-order valence-corrected chi connectivity index (χ2v) is 8.63. The van der Waals surface area contributed by atoms with Crippen molar-refractivity contribution in [3.8, 4) is 0 Å². The summed E-state index contributed by atoms with van der Waals surface area (Å²) in [6.07, 6.45) is 9.69. The van der Waals surface area contributed by atoms with Gasteiger partial charge in [-0.25, -0.2) is 4.98 Å². The summed E-state index contributed by atoms with van der Waals surface area (Å²) in [5, 5.41) is 3.47. The Kier molecular flexibility index (Phi) is 2.92. The molecule has 0 unspecified atom stereocenters. The van der Waals surface area contributed by atoms with Crippen LogP contribution in [0.3, 0.4) is 0 Å². The minimum atomic E-state index is 0.0487. The van der Waals surface area contributed by atoms with Crippen LogP contribution in [0.4, 0.5) is 0 Å². The van der Waals surface area contributed by atoms with E-state index in [0.717, 1.165) is 29.1 Å². The van der Waals surface area contributed by atoms with Crippen LogP contribution in [0.15, 0.2) is 18.3 Å². The number of imidazole rings is 1. The zero-order valence-corrected chi connectivity index (χ0v) is 14.5. The number of pyridine rings is 1. The van der Waals surface area contributed by atoms with Gasteiger partial charge in [0.05, 0.1) is 5.69 Å². The number of nitrogens with zero attached hydrogens (tertiary/aromatic N) is 2. The molecule has 2 heterocycles. The van der Waals surface area contributed by atoms with Crippen LogP contribution in [0.1, 0.15) is 60.3 Å². The highest BCUT2D eigenvalue weighted by Crippen LogP contribution is 2.55. The largest absolute Gasteiger partial charge is 0.345 e. The average molecular weight is 323 g/mol. The molecule has 4 nitrogen and oxygen atoms in total. The van der Waals surface area contributed by atoms with E-state index >= 15 is 0 Å². The van der Waals surface area contributed by atoms with E-state index in [0.29, 0.717) is 5.69 Å². The molecule has 24 heavy (non-hydrogen) atoms. The van der Waals surface area contributed by atoms with Crippen molar-refractivity contribution in [1.82, 2.24) is 14.7 Å². The quantitative estimate of drug-likeness (QED) is 0.917. The third-order valence-corrected chi connectivity index (χ3v) is 6.59. The molecule has 0 saturated heterocycles. The lowest BCUT2D eigenvalue weighted by Crippen LogP contribution is -2.60. The highest BCUT2D eigenvalue weighted by atomic mass is 16.2. The molecule has 126 valence electrons. The van der Waals surface area contributed by atoms with Crippen molar-refractivity contribution in [2.75, 3.05) is 0 Å². The predicted octanol–water partition coefficient (Wildman–Crippen LogP) is 3.65. The molecular formula is C20H25N3O. The topological polar surface area (TPSA) is 46.4 Å². The molecule has 0 atom stereocenters. The fourth-order valence-corrected chi connectivity index (χ4v) is 6.10. The molecule has 4 saturated carbocycles. The molecule has 0 aromatic carbocycles. The fourth-order valence-electron chi connectivity index (χ4n) is 6.10. The Hall–Kier alpha value is -1.84. The number of amides is 1. The van der Waals surface area contributed by atoms with Crippen LogP contribution in [0, 0.1) is 31.6 Å². The molecule has 4 heteroatoms. The van der Waals surface area contributed by atoms with Crippen molar-refractivity contribution in [3.63, 3.8) is 0 Å². The lowest BCUT2D eigenvalue weighted by Gasteiger charge is -2.56. The smallest absolute Gasteiger partial charge is 0.270 e. The summed E-state index contributed by atoms with van der Waals surface area (Å²) in [5.74, 6) is 2.57. The lowest BCUT2D eigenvalue weighted by molar-refractivity contribution is -0.0168. The predicted molar refractivity (Wildman–Crippen MR) is 93.0 cm³/mol. The molecule has 4 aliphatic carbocycles. The van der Waals surface area contributed by atoms with Gasteiger partial charge in [0.25, 0.3) is 5.91 Å². The number of fused-ring (bicyclic) bond motifs is 1. The minimum absolute atomic E-state index is 0.0487. The molecule has 0 radical (unpaired) electrons. The zero-order chi connectivity index (χ0) is 16.5. The molecule has 4 fully saturated rings. The van der Waals surface area contributed by atoms with E-state index in [1.807, 2.05) is 29.7 Å². The summed E-state index contributed by atoms with van der Waals surface area (Å²) in [6.45, 7) is 4.00. The molecule has 2 aromatic rings. The molecule has 1 amide bonds. The molecule has 0 spiro atoms. The van der Waals surface area contributed by atoms with Crippen LogP contribution >= 0.6 is 0 Å². The Balaban J connectivity index is 1.48. The number of carbonyl (C=O) groups is 1. The van der Waals surface area contributed by atoms with E-state index in [1.165, 1.54) is 44.1 Å². The second kappa shape index (κ2) is 4.84. The van der Waals surface area contributed by atoms with E-state index in [2.05, 4.69) is 17.2 Å². The monoisotopic (exact) mass is 323 g/mol. The molecule has 6 rings (SSSR count). The number of hydrogen-bond acceptors (Lipinski definition) is 2. The highest BCUT2D eigenvalue weighted by molar-refractivity contribution is 5.95. The van der Waals surface area contributed by atoms with Crippen molar-refractivity contribution >= 4 is 11.6 Å². The van der Waals surface area contributed by atoms with Gasteiger partial charge in [-0.2, -0.15) is 0 Å². The van der Waals surface area contributed by atoms with Crippen LogP contribution in [-0.4, -0.2) is 20.8 Å². The highest BCUT2D eigenvalue weighted by Gasteiger charge is 2.51. The molecule has 4 bridgehead atoms. The average Bonchev–Trinajstić information content (AvgIpc) is 2.80. The van der Waals surface area contributed by atoms with Crippen molar-refractivity contribution in [2.24, 2.45) is 17.8 Å².